The Morgan fingerprint density at radius 3 is 2.30 bits per heavy atom. The molecule has 8 heteroatoms. The molecule has 0 aliphatic rings. The lowest BCUT2D eigenvalue weighted by Crippen LogP contribution is -2.46. The largest absolute Gasteiger partial charge is 0.477 e. The summed E-state index contributed by atoms with van der Waals surface area (Å²) in [6.45, 7) is 3.33. The molecule has 2 aromatic rings. The molecule has 0 radical (unpaired) electrons. The van der Waals surface area contributed by atoms with Crippen LogP contribution in [0.25, 0.3) is 5.69 Å². The van der Waals surface area contributed by atoms with Gasteiger partial charge in [0.15, 0.2) is 0 Å². The molecule has 122 valence electrons. The van der Waals surface area contributed by atoms with E-state index in [1.807, 2.05) is 0 Å². The van der Waals surface area contributed by atoms with Crippen molar-refractivity contribution in [2.45, 2.75) is 25.9 Å². The number of benzene rings is 1. The van der Waals surface area contributed by atoms with Crippen molar-refractivity contribution in [1.29, 1.82) is 0 Å². The van der Waals surface area contributed by atoms with Crippen LogP contribution < -0.4 is 17.0 Å². The average molecular weight is 321 g/mol. The predicted octanol–water partition coefficient (Wildman–Crippen LogP) is 0.574. The van der Waals surface area contributed by atoms with Crippen molar-refractivity contribution in [2.24, 2.45) is 5.73 Å². The minimum absolute atomic E-state index is 0.00753. The third-order valence-corrected chi connectivity index (χ3v) is 3.05. The first kappa shape index (κ1) is 16.6. The van der Waals surface area contributed by atoms with Crippen molar-refractivity contribution in [3.63, 3.8) is 0 Å². The van der Waals surface area contributed by atoms with E-state index in [4.69, 9.17) is 5.73 Å². The Morgan fingerprint density at radius 1 is 1.26 bits per heavy atom. The van der Waals surface area contributed by atoms with E-state index in [9.17, 15) is 23.9 Å². The fourth-order valence-electron chi connectivity index (χ4n) is 2.12. The number of rotatable bonds is 4. The van der Waals surface area contributed by atoms with Gasteiger partial charge in [-0.25, -0.2) is 18.5 Å². The second-order valence-electron chi connectivity index (χ2n) is 5.86. The summed E-state index contributed by atoms with van der Waals surface area (Å²) >= 11 is 0. The van der Waals surface area contributed by atoms with Crippen LogP contribution >= 0.6 is 0 Å². The minimum atomic E-state index is -1.46. The van der Waals surface area contributed by atoms with E-state index in [-0.39, 0.29) is 12.2 Å². The highest BCUT2D eigenvalue weighted by Crippen LogP contribution is 2.07. The van der Waals surface area contributed by atoms with Crippen LogP contribution in [0.5, 0.6) is 0 Å². The van der Waals surface area contributed by atoms with Gasteiger partial charge < -0.3 is 10.8 Å². The topological polar surface area (TPSA) is 107 Å². The highest BCUT2D eigenvalue weighted by molar-refractivity contribution is 5.86. The number of aromatic carboxylic acids is 1. The molecule has 23 heavy (non-hydrogen) atoms. The number of aromatic nitrogens is 2. The second kappa shape index (κ2) is 5.81. The first-order chi connectivity index (χ1) is 10.6. The van der Waals surface area contributed by atoms with E-state index >= 15 is 0 Å². The summed E-state index contributed by atoms with van der Waals surface area (Å²) in [7, 11) is 0. The van der Waals surface area contributed by atoms with E-state index in [1.54, 1.807) is 13.8 Å². The van der Waals surface area contributed by atoms with Crippen molar-refractivity contribution in [1.82, 2.24) is 9.13 Å². The Hall–Kier alpha value is -2.74. The zero-order valence-electron chi connectivity index (χ0n) is 12.6. The van der Waals surface area contributed by atoms with E-state index in [0.717, 1.165) is 22.9 Å². The lowest BCUT2D eigenvalue weighted by molar-refractivity contribution is 0.0693. The van der Waals surface area contributed by atoms with Crippen LogP contribution in [0.2, 0.25) is 0 Å². The molecule has 0 bridgehead atoms. The van der Waals surface area contributed by atoms with Crippen LogP contribution in [0.3, 0.4) is 0 Å². The average Bonchev–Trinajstić information content (AvgIpc) is 2.42. The molecular formula is C15H16FN3O4. The number of hydrogen-bond acceptors (Lipinski definition) is 4. The molecule has 0 atom stereocenters. The lowest BCUT2D eigenvalue weighted by atomic mass is 10.1. The van der Waals surface area contributed by atoms with Crippen LogP contribution in [0.4, 0.5) is 4.39 Å². The predicted molar refractivity (Wildman–Crippen MR) is 81.5 cm³/mol. The molecule has 1 heterocycles. The normalized spacial score (nSPS) is 11.5. The standard InChI is InChI=1S/C15H16FN3O4/c1-15(2,17)8-18-7-11(13(21)22)12(20)19(14(18)23)10-5-3-9(16)4-6-10/h3-7H,8,17H2,1-2H3,(H,21,22). The molecule has 1 aromatic carbocycles. The number of carboxylic acids is 1. The van der Waals surface area contributed by atoms with Gasteiger partial charge in [0.25, 0.3) is 5.56 Å². The van der Waals surface area contributed by atoms with Crippen molar-refractivity contribution < 1.29 is 14.3 Å². The summed E-state index contributed by atoms with van der Waals surface area (Å²) in [4.78, 5) is 36.1. The first-order valence-electron chi connectivity index (χ1n) is 6.75. The summed E-state index contributed by atoms with van der Waals surface area (Å²) < 4.78 is 14.8. The number of halogens is 1. The van der Waals surface area contributed by atoms with Gasteiger partial charge in [0.1, 0.15) is 11.4 Å². The third-order valence-electron chi connectivity index (χ3n) is 3.05. The summed E-state index contributed by atoms with van der Waals surface area (Å²) in [6.07, 6.45) is 0.974. The zero-order valence-corrected chi connectivity index (χ0v) is 12.6. The summed E-state index contributed by atoms with van der Waals surface area (Å²) in [5.74, 6) is -2.01. The quantitative estimate of drug-likeness (QED) is 0.856. The monoisotopic (exact) mass is 321 g/mol. The highest BCUT2D eigenvalue weighted by Gasteiger charge is 2.20. The Kier molecular flexibility index (Phi) is 4.20. The van der Waals surface area contributed by atoms with Crippen molar-refractivity contribution in [2.75, 3.05) is 0 Å². The Balaban J connectivity index is 2.79. The molecule has 0 aliphatic heterocycles. The van der Waals surface area contributed by atoms with Crippen LogP contribution in [0, 0.1) is 5.82 Å². The Bertz CT molecular complexity index is 860. The number of nitrogens with two attached hydrogens (primary N) is 1. The zero-order chi connectivity index (χ0) is 17.4. The summed E-state index contributed by atoms with van der Waals surface area (Å²) in [6, 6.07) is 4.60. The molecule has 2 rings (SSSR count). The Morgan fingerprint density at radius 2 is 1.83 bits per heavy atom. The molecule has 0 saturated heterocycles. The van der Waals surface area contributed by atoms with Crippen molar-refractivity contribution in [3.05, 3.63) is 62.7 Å². The maximum atomic E-state index is 13.0. The van der Waals surface area contributed by atoms with Gasteiger partial charge in [-0.3, -0.25) is 9.36 Å². The van der Waals surface area contributed by atoms with E-state index < -0.39 is 34.1 Å². The number of nitrogens with zero attached hydrogens (tertiary/aromatic N) is 2. The van der Waals surface area contributed by atoms with Gasteiger partial charge in [-0.05, 0) is 38.1 Å². The van der Waals surface area contributed by atoms with E-state index in [1.165, 1.54) is 12.1 Å². The summed E-state index contributed by atoms with van der Waals surface area (Å²) in [5.41, 5.74) is 2.84. The van der Waals surface area contributed by atoms with E-state index in [0.29, 0.717) is 4.57 Å². The molecule has 3 N–H and O–H groups in total. The third kappa shape index (κ3) is 3.54. The van der Waals surface area contributed by atoms with Gasteiger partial charge >= 0.3 is 11.7 Å². The van der Waals surface area contributed by atoms with Gasteiger partial charge in [-0.1, -0.05) is 0 Å². The summed E-state index contributed by atoms with van der Waals surface area (Å²) in [5, 5.41) is 9.17. The molecular weight excluding hydrogens is 305 g/mol. The molecule has 7 nitrogen and oxygen atoms in total. The second-order valence-corrected chi connectivity index (χ2v) is 5.86. The SMILES string of the molecule is CC(C)(N)Cn1cc(C(=O)O)c(=O)n(-c2ccc(F)cc2)c1=O. The molecule has 0 spiro atoms. The maximum Gasteiger partial charge on any atom is 0.342 e. The van der Waals surface area contributed by atoms with Gasteiger partial charge in [-0.15, -0.1) is 0 Å². The van der Waals surface area contributed by atoms with Crippen LogP contribution in [0.15, 0.2) is 40.1 Å². The minimum Gasteiger partial charge on any atom is -0.477 e. The number of hydrogen-bond donors (Lipinski definition) is 2. The number of carboxylic acid groups (broad SMARTS) is 1. The molecule has 0 saturated carbocycles. The Labute approximate surface area is 130 Å². The van der Waals surface area contributed by atoms with Crippen molar-refractivity contribution >= 4 is 5.97 Å². The van der Waals surface area contributed by atoms with Gasteiger partial charge in [0.2, 0.25) is 0 Å². The first-order valence-corrected chi connectivity index (χ1v) is 6.75. The lowest BCUT2D eigenvalue weighted by Gasteiger charge is -2.21. The molecule has 0 fully saturated rings. The maximum absolute atomic E-state index is 13.0. The van der Waals surface area contributed by atoms with Crippen molar-refractivity contribution in [3.8, 4) is 5.69 Å². The molecule has 0 aliphatic carbocycles. The van der Waals surface area contributed by atoms with Crippen LogP contribution in [-0.4, -0.2) is 25.7 Å². The van der Waals surface area contributed by atoms with Gasteiger partial charge in [0, 0.05) is 18.3 Å². The van der Waals surface area contributed by atoms with E-state index in [2.05, 4.69) is 0 Å². The molecule has 0 amide bonds. The fraction of sp³-hybridized carbons (Fsp3) is 0.267. The van der Waals surface area contributed by atoms with Gasteiger partial charge in [0.05, 0.1) is 5.69 Å². The fourth-order valence-corrected chi connectivity index (χ4v) is 2.12. The highest BCUT2D eigenvalue weighted by atomic mass is 19.1. The van der Waals surface area contributed by atoms with Crippen LogP contribution in [0.1, 0.15) is 24.2 Å². The molecule has 1 aromatic heterocycles. The van der Waals surface area contributed by atoms with Crippen LogP contribution in [-0.2, 0) is 6.54 Å². The smallest absolute Gasteiger partial charge is 0.342 e. The van der Waals surface area contributed by atoms with Gasteiger partial charge in [-0.2, -0.15) is 0 Å². The number of carbonyl (C=O) groups is 1. The molecule has 0 unspecified atom stereocenters.